The second-order valence-corrected chi connectivity index (χ2v) is 6.51. The van der Waals surface area contributed by atoms with Crippen LogP contribution in [-0.2, 0) is 14.3 Å². The maximum Gasteiger partial charge on any atom is 0.335 e. The van der Waals surface area contributed by atoms with Crippen LogP contribution in [0.3, 0.4) is 0 Å². The van der Waals surface area contributed by atoms with Gasteiger partial charge in [-0.1, -0.05) is 0 Å². The molecular formula is C16H21N2O8+. The second-order valence-electron chi connectivity index (χ2n) is 6.51. The van der Waals surface area contributed by atoms with E-state index in [-0.39, 0.29) is 11.8 Å². The molecule has 26 heavy (non-hydrogen) atoms. The molecule has 0 unspecified atom stereocenters. The average Bonchev–Trinajstić information content (AvgIpc) is 2.94. The lowest BCUT2D eigenvalue weighted by atomic mass is 9.99. The molecule has 3 rings (SSSR count). The minimum atomic E-state index is -1.78. The van der Waals surface area contributed by atoms with Gasteiger partial charge >= 0.3 is 5.97 Å². The Morgan fingerprint density at radius 3 is 2.65 bits per heavy atom. The Hall–Kier alpha value is -2.27. The number of nitrogens with zero attached hydrogens (tertiary/aromatic N) is 2. The predicted octanol–water partition coefficient (Wildman–Crippen LogP) is -2.76. The van der Waals surface area contributed by atoms with Crippen LogP contribution in [0.4, 0.5) is 0 Å². The first-order chi connectivity index (χ1) is 12.3. The van der Waals surface area contributed by atoms with Gasteiger partial charge in [-0.25, -0.2) is 9.63 Å². The molecule has 2 aliphatic heterocycles. The van der Waals surface area contributed by atoms with E-state index >= 15 is 0 Å². The van der Waals surface area contributed by atoms with Crippen molar-refractivity contribution >= 4 is 11.9 Å². The molecule has 6 atom stereocenters. The fraction of sp³-hybridized carbons (Fsp3) is 0.562. The van der Waals surface area contributed by atoms with E-state index < -0.39 is 36.7 Å². The van der Waals surface area contributed by atoms with Gasteiger partial charge in [0.05, 0.1) is 0 Å². The fourth-order valence-corrected chi connectivity index (χ4v) is 3.12. The standard InChI is InChI=1S/C16H20N2O8/c1-17-6-9(5-10(17)19)8-3-2-4-18(7-8)26-16-13(22)11(20)12(21)14(25-16)15(23)24/h2-4,7,9,11-14,16,20-22H,5-6H2,1H3/p+1/t9-,11+,12+,13-,14+,16+/m1/s1. The third kappa shape index (κ3) is 3.49. The van der Waals surface area contributed by atoms with Crippen LogP contribution in [0.2, 0.25) is 0 Å². The van der Waals surface area contributed by atoms with Gasteiger partial charge in [0.25, 0.3) is 6.29 Å². The topological polar surface area (TPSA) is 141 Å². The summed E-state index contributed by atoms with van der Waals surface area (Å²) in [6, 6.07) is 3.50. The highest BCUT2D eigenvalue weighted by molar-refractivity contribution is 5.79. The monoisotopic (exact) mass is 369 g/mol. The van der Waals surface area contributed by atoms with E-state index in [9.17, 15) is 24.9 Å². The van der Waals surface area contributed by atoms with Crippen LogP contribution in [0.25, 0.3) is 0 Å². The van der Waals surface area contributed by atoms with Crippen LogP contribution < -0.4 is 9.57 Å². The van der Waals surface area contributed by atoms with E-state index in [1.165, 1.54) is 10.9 Å². The van der Waals surface area contributed by atoms with Gasteiger partial charge in [0.1, 0.15) is 12.2 Å². The molecule has 0 radical (unpaired) electrons. The number of amides is 1. The lowest BCUT2D eigenvalue weighted by Gasteiger charge is -2.36. The summed E-state index contributed by atoms with van der Waals surface area (Å²) in [4.78, 5) is 29.9. The molecule has 2 fully saturated rings. The zero-order valence-electron chi connectivity index (χ0n) is 14.0. The number of aliphatic hydroxyl groups is 3. The van der Waals surface area contributed by atoms with Crippen molar-refractivity contribution in [1.29, 1.82) is 0 Å². The molecule has 10 nitrogen and oxygen atoms in total. The van der Waals surface area contributed by atoms with Gasteiger partial charge in [-0.2, -0.15) is 0 Å². The van der Waals surface area contributed by atoms with E-state index in [2.05, 4.69) is 0 Å². The Bertz CT molecular complexity index is 699. The van der Waals surface area contributed by atoms with Gasteiger partial charge in [-0.3, -0.25) is 4.79 Å². The zero-order valence-corrected chi connectivity index (χ0v) is 14.0. The molecule has 142 valence electrons. The van der Waals surface area contributed by atoms with E-state index in [0.29, 0.717) is 13.0 Å². The third-order valence-electron chi connectivity index (χ3n) is 4.65. The fourth-order valence-electron chi connectivity index (χ4n) is 3.12. The highest BCUT2D eigenvalue weighted by Crippen LogP contribution is 2.26. The maximum absolute atomic E-state index is 11.7. The highest BCUT2D eigenvalue weighted by atomic mass is 16.8. The van der Waals surface area contributed by atoms with Crippen molar-refractivity contribution in [2.45, 2.75) is 43.0 Å². The van der Waals surface area contributed by atoms with Gasteiger partial charge in [0, 0.05) is 42.3 Å². The van der Waals surface area contributed by atoms with Crippen LogP contribution in [0.5, 0.6) is 0 Å². The Balaban J connectivity index is 1.75. The van der Waals surface area contributed by atoms with Crippen molar-refractivity contribution in [2.75, 3.05) is 13.6 Å². The second kappa shape index (κ2) is 7.16. The SMILES string of the molecule is CN1C[C@H](c2ccc[n+](O[C@@H]3O[C@H](C(=O)O)[C@@H](O)[C@H](O)[C@H]3O)c2)CC1=O. The van der Waals surface area contributed by atoms with Gasteiger partial charge < -0.3 is 30.1 Å². The number of ether oxygens (including phenoxy) is 1. The lowest BCUT2D eigenvalue weighted by Crippen LogP contribution is -2.65. The number of carbonyl (C=O) groups excluding carboxylic acids is 1. The molecule has 1 amide bonds. The van der Waals surface area contributed by atoms with Crippen molar-refractivity contribution in [3.63, 3.8) is 0 Å². The minimum Gasteiger partial charge on any atom is -0.479 e. The molecular weight excluding hydrogens is 348 g/mol. The number of hydrogen-bond acceptors (Lipinski definition) is 7. The molecule has 4 N–H and O–H groups in total. The molecule has 10 heteroatoms. The summed E-state index contributed by atoms with van der Waals surface area (Å²) >= 11 is 0. The summed E-state index contributed by atoms with van der Waals surface area (Å²) < 4.78 is 6.30. The summed E-state index contributed by atoms with van der Waals surface area (Å²) in [5.41, 5.74) is 0.825. The van der Waals surface area contributed by atoms with Crippen molar-refractivity contribution in [3.8, 4) is 0 Å². The summed E-state index contributed by atoms with van der Waals surface area (Å²) in [6.07, 6.45) is -4.91. The van der Waals surface area contributed by atoms with Gasteiger partial charge in [0.2, 0.25) is 18.3 Å². The first-order valence-electron chi connectivity index (χ1n) is 8.12. The molecule has 0 aliphatic carbocycles. The van der Waals surface area contributed by atoms with Crippen LogP contribution in [0.15, 0.2) is 24.5 Å². The van der Waals surface area contributed by atoms with E-state index in [1.807, 2.05) is 6.07 Å². The van der Waals surface area contributed by atoms with E-state index in [0.717, 1.165) is 5.56 Å². The Morgan fingerprint density at radius 1 is 1.31 bits per heavy atom. The molecule has 2 aliphatic rings. The minimum absolute atomic E-state index is 0.0140. The number of rotatable bonds is 4. The number of pyridine rings is 1. The summed E-state index contributed by atoms with van der Waals surface area (Å²) in [7, 11) is 1.72. The smallest absolute Gasteiger partial charge is 0.335 e. The number of aromatic nitrogens is 1. The number of carbonyl (C=O) groups is 2. The van der Waals surface area contributed by atoms with Gasteiger partial charge in [-0.05, 0) is 6.07 Å². The number of likely N-dealkylation sites (tertiary alicyclic amines) is 1. The van der Waals surface area contributed by atoms with Gasteiger partial charge in [0.15, 0.2) is 12.2 Å². The predicted molar refractivity (Wildman–Crippen MR) is 82.5 cm³/mol. The summed E-state index contributed by atoms with van der Waals surface area (Å²) in [5.74, 6) is -1.46. The van der Waals surface area contributed by atoms with Crippen LogP contribution in [0.1, 0.15) is 17.9 Å². The Morgan fingerprint density at radius 2 is 2.04 bits per heavy atom. The normalized spacial score (nSPS) is 34.8. The number of likely N-dealkylation sites (N-methyl/N-ethyl adjacent to an activating group) is 1. The molecule has 0 bridgehead atoms. The number of carboxylic acid groups (broad SMARTS) is 1. The molecule has 1 aromatic rings. The van der Waals surface area contributed by atoms with E-state index in [4.69, 9.17) is 14.7 Å². The first kappa shape index (κ1) is 18.5. The largest absolute Gasteiger partial charge is 0.479 e. The molecule has 2 saturated heterocycles. The first-order valence-corrected chi connectivity index (χ1v) is 8.12. The van der Waals surface area contributed by atoms with Crippen LogP contribution in [-0.4, -0.2) is 81.5 Å². The van der Waals surface area contributed by atoms with Crippen molar-refractivity contribution in [1.82, 2.24) is 4.90 Å². The quantitative estimate of drug-likeness (QED) is 0.419. The maximum atomic E-state index is 11.7. The lowest BCUT2D eigenvalue weighted by molar-refractivity contribution is -0.909. The molecule has 0 aromatic carbocycles. The summed E-state index contributed by atoms with van der Waals surface area (Å²) in [6.45, 7) is 0.567. The summed E-state index contributed by atoms with van der Waals surface area (Å²) in [5, 5.41) is 38.6. The zero-order chi connectivity index (χ0) is 19.0. The average molecular weight is 369 g/mol. The molecule has 0 saturated carbocycles. The van der Waals surface area contributed by atoms with Gasteiger partial charge in [-0.15, -0.1) is 0 Å². The number of aliphatic hydroxyl groups excluding tert-OH is 3. The van der Waals surface area contributed by atoms with Crippen LogP contribution >= 0.6 is 0 Å². The Labute approximate surface area is 148 Å². The number of carboxylic acids is 1. The molecule has 3 heterocycles. The number of hydrogen-bond donors (Lipinski definition) is 4. The van der Waals surface area contributed by atoms with Crippen molar-refractivity contribution in [3.05, 3.63) is 30.1 Å². The van der Waals surface area contributed by atoms with Crippen molar-refractivity contribution in [2.24, 2.45) is 0 Å². The molecule has 0 spiro atoms. The third-order valence-corrected chi connectivity index (χ3v) is 4.65. The Kier molecular flexibility index (Phi) is 5.10. The van der Waals surface area contributed by atoms with E-state index in [1.54, 1.807) is 24.2 Å². The highest BCUT2D eigenvalue weighted by Gasteiger charge is 2.49. The molecule has 1 aromatic heterocycles. The number of aliphatic carboxylic acids is 1. The van der Waals surface area contributed by atoms with Crippen LogP contribution in [0, 0.1) is 0 Å². The van der Waals surface area contributed by atoms with Crippen molar-refractivity contribution < 1.29 is 44.3 Å².